The molecule has 128 valence electrons. The molecule has 1 atom stereocenters. The maximum absolute atomic E-state index is 12.8. The van der Waals surface area contributed by atoms with Crippen LogP contribution >= 0.6 is 0 Å². The maximum atomic E-state index is 12.8. The molecule has 1 aliphatic rings. The van der Waals surface area contributed by atoms with Gasteiger partial charge in [-0.1, -0.05) is 48.5 Å². The number of H-pyrrole nitrogens is 1. The summed E-state index contributed by atoms with van der Waals surface area (Å²) in [6.45, 7) is 1.84. The number of benzene rings is 2. The van der Waals surface area contributed by atoms with E-state index in [1.54, 1.807) is 0 Å². The fourth-order valence-corrected chi connectivity index (χ4v) is 3.93. The number of rotatable bonds is 5. The quantitative estimate of drug-likeness (QED) is 0.733. The van der Waals surface area contributed by atoms with Crippen molar-refractivity contribution in [2.45, 2.75) is 31.6 Å². The van der Waals surface area contributed by atoms with Crippen molar-refractivity contribution >= 4 is 16.8 Å². The number of hydrogen-bond acceptors (Lipinski definition) is 1. The van der Waals surface area contributed by atoms with E-state index in [1.165, 1.54) is 16.5 Å². The van der Waals surface area contributed by atoms with Crippen LogP contribution in [0.4, 0.5) is 0 Å². The largest absolute Gasteiger partial charge is 0.361 e. The first-order valence-electron chi connectivity index (χ1n) is 9.19. The van der Waals surface area contributed by atoms with E-state index in [1.807, 2.05) is 17.0 Å². The molecule has 3 nitrogen and oxygen atoms in total. The van der Waals surface area contributed by atoms with Crippen molar-refractivity contribution in [2.24, 2.45) is 0 Å². The fraction of sp³-hybridized carbons (Fsp3) is 0.318. The third-order valence-corrected chi connectivity index (χ3v) is 5.27. The first-order valence-corrected chi connectivity index (χ1v) is 9.19. The molecule has 25 heavy (non-hydrogen) atoms. The van der Waals surface area contributed by atoms with Crippen LogP contribution in [0.2, 0.25) is 0 Å². The van der Waals surface area contributed by atoms with Gasteiger partial charge in [0, 0.05) is 36.6 Å². The summed E-state index contributed by atoms with van der Waals surface area (Å²) in [6.07, 6.45) is 5.85. The number of fused-ring (bicyclic) bond motifs is 1. The van der Waals surface area contributed by atoms with Gasteiger partial charge < -0.3 is 9.88 Å². The molecule has 3 heteroatoms. The molecule has 0 bridgehead atoms. The normalized spacial score (nSPS) is 15.6. The highest BCUT2D eigenvalue weighted by Crippen LogP contribution is 2.31. The molecule has 1 saturated heterocycles. The zero-order valence-electron chi connectivity index (χ0n) is 14.4. The van der Waals surface area contributed by atoms with Gasteiger partial charge in [-0.25, -0.2) is 0 Å². The van der Waals surface area contributed by atoms with Crippen molar-refractivity contribution in [1.29, 1.82) is 0 Å². The summed E-state index contributed by atoms with van der Waals surface area (Å²) >= 11 is 0. The van der Waals surface area contributed by atoms with Crippen LogP contribution in [0.5, 0.6) is 0 Å². The second-order valence-electron chi connectivity index (χ2n) is 6.97. The predicted octanol–water partition coefficient (Wildman–Crippen LogP) is 4.51. The lowest BCUT2D eigenvalue weighted by molar-refractivity contribution is -0.130. The standard InChI is InChI=1S/C22H24N2O/c25-22(24-12-6-7-13-24)15-18(14-17-8-2-1-3-9-17)20-16-23-21-11-5-4-10-19(20)21/h1-5,8-11,16,18,23H,6-7,12-15H2. The Hall–Kier alpha value is -2.55. The van der Waals surface area contributed by atoms with Crippen LogP contribution in [0.1, 0.15) is 36.3 Å². The third kappa shape index (κ3) is 3.46. The number of hydrogen-bond donors (Lipinski definition) is 1. The van der Waals surface area contributed by atoms with Crippen LogP contribution in [0.25, 0.3) is 10.9 Å². The molecular formula is C22H24N2O. The van der Waals surface area contributed by atoms with Crippen molar-refractivity contribution in [3.8, 4) is 0 Å². The first-order chi connectivity index (χ1) is 12.3. The van der Waals surface area contributed by atoms with E-state index in [9.17, 15) is 4.79 Å². The highest BCUT2D eigenvalue weighted by Gasteiger charge is 2.24. The Balaban J connectivity index is 1.64. The van der Waals surface area contributed by atoms with Crippen LogP contribution in [0.15, 0.2) is 60.8 Å². The van der Waals surface area contributed by atoms with E-state index < -0.39 is 0 Å². The van der Waals surface area contributed by atoms with Gasteiger partial charge in [-0.2, -0.15) is 0 Å². The Morgan fingerprint density at radius 1 is 1.00 bits per heavy atom. The number of nitrogens with one attached hydrogen (secondary N) is 1. The smallest absolute Gasteiger partial charge is 0.223 e. The average molecular weight is 332 g/mol. The van der Waals surface area contributed by atoms with Gasteiger partial charge in [-0.05, 0) is 42.4 Å². The lowest BCUT2D eigenvalue weighted by Gasteiger charge is -2.21. The number of para-hydroxylation sites is 1. The van der Waals surface area contributed by atoms with Gasteiger partial charge in [0.15, 0.2) is 0 Å². The Bertz CT molecular complexity index is 847. The lowest BCUT2D eigenvalue weighted by Crippen LogP contribution is -2.29. The molecule has 1 aromatic heterocycles. The Morgan fingerprint density at radius 3 is 2.52 bits per heavy atom. The Kier molecular flexibility index (Phi) is 4.55. The predicted molar refractivity (Wildman–Crippen MR) is 102 cm³/mol. The molecule has 1 fully saturated rings. The fourth-order valence-electron chi connectivity index (χ4n) is 3.93. The van der Waals surface area contributed by atoms with Crippen LogP contribution in [0, 0.1) is 0 Å². The molecular weight excluding hydrogens is 308 g/mol. The number of likely N-dealkylation sites (tertiary alicyclic amines) is 1. The summed E-state index contributed by atoms with van der Waals surface area (Å²) in [7, 11) is 0. The van der Waals surface area contributed by atoms with E-state index in [4.69, 9.17) is 0 Å². The van der Waals surface area contributed by atoms with E-state index >= 15 is 0 Å². The van der Waals surface area contributed by atoms with Gasteiger partial charge in [-0.15, -0.1) is 0 Å². The second kappa shape index (κ2) is 7.14. The van der Waals surface area contributed by atoms with Crippen molar-refractivity contribution in [2.75, 3.05) is 13.1 Å². The number of carbonyl (C=O) groups excluding carboxylic acids is 1. The maximum Gasteiger partial charge on any atom is 0.223 e. The summed E-state index contributed by atoms with van der Waals surface area (Å²) in [5, 5.41) is 1.23. The van der Waals surface area contributed by atoms with E-state index in [-0.39, 0.29) is 5.92 Å². The molecule has 0 saturated carbocycles. The molecule has 1 amide bonds. The van der Waals surface area contributed by atoms with E-state index in [0.717, 1.165) is 37.9 Å². The van der Waals surface area contributed by atoms with Crippen molar-refractivity contribution in [3.63, 3.8) is 0 Å². The van der Waals surface area contributed by atoms with Gasteiger partial charge in [0.25, 0.3) is 0 Å². The minimum Gasteiger partial charge on any atom is -0.361 e. The summed E-state index contributed by atoms with van der Waals surface area (Å²) in [5.74, 6) is 0.496. The number of aromatic amines is 1. The number of aromatic nitrogens is 1. The van der Waals surface area contributed by atoms with Gasteiger partial charge >= 0.3 is 0 Å². The highest BCUT2D eigenvalue weighted by molar-refractivity contribution is 5.85. The molecule has 0 radical (unpaired) electrons. The van der Waals surface area contributed by atoms with Gasteiger partial charge in [0.1, 0.15) is 0 Å². The van der Waals surface area contributed by atoms with E-state index in [0.29, 0.717) is 12.3 Å². The Morgan fingerprint density at radius 2 is 1.72 bits per heavy atom. The van der Waals surface area contributed by atoms with Crippen LogP contribution in [-0.4, -0.2) is 28.9 Å². The van der Waals surface area contributed by atoms with Gasteiger partial charge in [-0.3, -0.25) is 4.79 Å². The molecule has 1 aliphatic heterocycles. The number of amides is 1. The van der Waals surface area contributed by atoms with Gasteiger partial charge in [0.2, 0.25) is 5.91 Å². The molecule has 1 unspecified atom stereocenters. The van der Waals surface area contributed by atoms with Crippen LogP contribution in [0.3, 0.4) is 0 Å². The Labute approximate surface area is 148 Å². The topological polar surface area (TPSA) is 36.1 Å². The summed E-state index contributed by atoms with van der Waals surface area (Å²) in [4.78, 5) is 18.2. The van der Waals surface area contributed by atoms with Crippen LogP contribution in [-0.2, 0) is 11.2 Å². The SMILES string of the molecule is O=C(CC(Cc1ccccc1)c1c[nH]c2ccccc12)N1CCCC1. The highest BCUT2D eigenvalue weighted by atomic mass is 16.2. The van der Waals surface area contributed by atoms with Gasteiger partial charge in [0.05, 0.1) is 0 Å². The van der Waals surface area contributed by atoms with E-state index in [2.05, 4.69) is 53.6 Å². The van der Waals surface area contributed by atoms with Crippen molar-refractivity contribution in [1.82, 2.24) is 9.88 Å². The molecule has 2 heterocycles. The summed E-state index contributed by atoms with van der Waals surface area (Å²) < 4.78 is 0. The molecule has 1 N–H and O–H groups in total. The third-order valence-electron chi connectivity index (χ3n) is 5.27. The molecule has 0 aliphatic carbocycles. The number of nitrogens with zero attached hydrogens (tertiary/aromatic N) is 1. The second-order valence-corrected chi connectivity index (χ2v) is 6.97. The molecule has 2 aromatic carbocycles. The van der Waals surface area contributed by atoms with Crippen molar-refractivity contribution < 1.29 is 4.79 Å². The monoisotopic (exact) mass is 332 g/mol. The zero-order valence-corrected chi connectivity index (χ0v) is 14.4. The molecule has 3 aromatic rings. The summed E-state index contributed by atoms with van der Waals surface area (Å²) in [6, 6.07) is 18.9. The molecule has 0 spiro atoms. The van der Waals surface area contributed by atoms with Crippen molar-refractivity contribution in [3.05, 3.63) is 71.9 Å². The molecule has 4 rings (SSSR count). The zero-order chi connectivity index (χ0) is 17.1. The number of carbonyl (C=O) groups is 1. The summed E-state index contributed by atoms with van der Waals surface area (Å²) in [5.41, 5.74) is 3.68. The minimum atomic E-state index is 0.201. The average Bonchev–Trinajstić information content (AvgIpc) is 3.32. The van der Waals surface area contributed by atoms with Crippen LogP contribution < -0.4 is 0 Å². The first kappa shape index (κ1) is 15.9. The lowest BCUT2D eigenvalue weighted by atomic mass is 9.88. The minimum absolute atomic E-state index is 0.201.